The normalized spacial score (nSPS) is 20.1. The average molecular weight is 468 g/mol. The van der Waals surface area contributed by atoms with Gasteiger partial charge >= 0.3 is 0 Å². The van der Waals surface area contributed by atoms with Crippen molar-refractivity contribution in [2.75, 3.05) is 23.3 Å². The summed E-state index contributed by atoms with van der Waals surface area (Å²) in [6.07, 6.45) is 3.07. The molecule has 3 aromatic rings. The number of pyridine rings is 2. The zero-order valence-electron chi connectivity index (χ0n) is 18.4. The molecule has 3 atom stereocenters. The monoisotopic (exact) mass is 468 g/mol. The second-order valence-corrected chi connectivity index (χ2v) is 8.19. The number of aromatic nitrogens is 2. The second kappa shape index (κ2) is 9.60. The number of amides is 1. The molecule has 2 aromatic heterocycles. The van der Waals surface area contributed by atoms with E-state index < -0.39 is 34.6 Å². The van der Waals surface area contributed by atoms with E-state index in [1.807, 2.05) is 11.8 Å². The summed E-state index contributed by atoms with van der Waals surface area (Å²) in [5, 5.41) is 2.71. The number of nitrogens with two attached hydrogens (primary N) is 1. The summed E-state index contributed by atoms with van der Waals surface area (Å²) in [7, 11) is 0. The van der Waals surface area contributed by atoms with E-state index in [1.165, 1.54) is 6.20 Å². The fourth-order valence-electron chi connectivity index (χ4n) is 4.24. The lowest BCUT2D eigenvalue weighted by Gasteiger charge is -2.40. The standard InChI is InChI=1S/C24H23F3N6O/c1-13-11-33(12-17(28)22(13)29-2)20-8-9-30-10-19(20)32-24(34)18-7-6-16(27)23(31-18)21-14(25)4-3-5-15(21)26/h3-10,13,17,22H,2,11-12,28H2,1H3,(H,32,34)/t13-,17+,22-/m0/s1. The van der Waals surface area contributed by atoms with E-state index in [0.29, 0.717) is 24.5 Å². The van der Waals surface area contributed by atoms with Crippen LogP contribution in [0.2, 0.25) is 0 Å². The molecule has 10 heteroatoms. The van der Waals surface area contributed by atoms with Crippen LogP contribution in [0, 0.1) is 23.4 Å². The van der Waals surface area contributed by atoms with E-state index in [4.69, 9.17) is 5.73 Å². The highest BCUT2D eigenvalue weighted by Crippen LogP contribution is 2.31. The zero-order valence-corrected chi connectivity index (χ0v) is 18.4. The molecule has 0 aliphatic carbocycles. The number of anilines is 2. The number of nitrogens with one attached hydrogen (secondary N) is 1. The molecule has 4 rings (SSSR count). The molecule has 3 N–H and O–H groups in total. The van der Waals surface area contributed by atoms with Gasteiger partial charge in [0.05, 0.1) is 29.2 Å². The number of aliphatic imine (C=N–C) groups is 1. The molecular formula is C24H23F3N6O. The lowest BCUT2D eigenvalue weighted by Crippen LogP contribution is -2.55. The Kier molecular flexibility index (Phi) is 6.60. The first-order valence-electron chi connectivity index (χ1n) is 10.6. The Hall–Kier alpha value is -3.79. The number of benzene rings is 1. The maximum atomic E-state index is 14.4. The van der Waals surface area contributed by atoms with E-state index in [2.05, 4.69) is 27.0 Å². The van der Waals surface area contributed by atoms with Crippen LogP contribution in [0.4, 0.5) is 24.5 Å². The fraction of sp³-hybridized carbons (Fsp3) is 0.250. The summed E-state index contributed by atoms with van der Waals surface area (Å²) in [5.41, 5.74) is 5.91. The number of hydrogen-bond acceptors (Lipinski definition) is 6. The molecule has 1 amide bonds. The molecule has 0 spiro atoms. The van der Waals surface area contributed by atoms with Crippen molar-refractivity contribution in [1.29, 1.82) is 0 Å². The quantitative estimate of drug-likeness (QED) is 0.557. The number of carbonyl (C=O) groups is 1. The van der Waals surface area contributed by atoms with Gasteiger partial charge in [0, 0.05) is 25.3 Å². The first-order chi connectivity index (χ1) is 16.3. The Bertz CT molecular complexity index is 1200. The molecule has 3 heterocycles. The Morgan fingerprint density at radius 1 is 1.15 bits per heavy atom. The second-order valence-electron chi connectivity index (χ2n) is 8.19. The molecule has 34 heavy (non-hydrogen) atoms. The van der Waals surface area contributed by atoms with Gasteiger partial charge < -0.3 is 16.0 Å². The van der Waals surface area contributed by atoms with Crippen molar-refractivity contribution in [2.45, 2.75) is 19.0 Å². The highest BCUT2D eigenvalue weighted by Gasteiger charge is 2.32. The number of rotatable bonds is 5. The fourth-order valence-corrected chi connectivity index (χ4v) is 4.24. The highest BCUT2D eigenvalue weighted by molar-refractivity contribution is 6.04. The van der Waals surface area contributed by atoms with Crippen LogP contribution in [-0.4, -0.2) is 47.8 Å². The van der Waals surface area contributed by atoms with Gasteiger partial charge in [-0.3, -0.25) is 14.8 Å². The molecule has 0 bridgehead atoms. The van der Waals surface area contributed by atoms with Gasteiger partial charge in [0.25, 0.3) is 5.91 Å². The van der Waals surface area contributed by atoms with Crippen molar-refractivity contribution < 1.29 is 18.0 Å². The van der Waals surface area contributed by atoms with E-state index in [9.17, 15) is 18.0 Å². The first kappa shape index (κ1) is 23.4. The van der Waals surface area contributed by atoms with Crippen LogP contribution in [0.3, 0.4) is 0 Å². The van der Waals surface area contributed by atoms with Crippen LogP contribution < -0.4 is 16.0 Å². The van der Waals surface area contributed by atoms with Gasteiger partial charge in [-0.05, 0) is 43.0 Å². The SMILES string of the molecule is C=N[C@@H]1[C@H](N)CN(c2ccncc2NC(=O)c2ccc(F)c(-c3c(F)cccc3F)n2)C[C@@H]1C. The maximum Gasteiger partial charge on any atom is 0.274 e. The summed E-state index contributed by atoms with van der Waals surface area (Å²) in [5.74, 6) is -3.48. The minimum atomic E-state index is -0.985. The molecule has 1 aliphatic heterocycles. The lowest BCUT2D eigenvalue weighted by atomic mass is 9.90. The average Bonchev–Trinajstić information content (AvgIpc) is 2.80. The van der Waals surface area contributed by atoms with Crippen LogP contribution >= 0.6 is 0 Å². The first-order valence-corrected chi connectivity index (χ1v) is 10.6. The number of hydrogen-bond donors (Lipinski definition) is 2. The van der Waals surface area contributed by atoms with E-state index in [-0.39, 0.29) is 23.7 Å². The van der Waals surface area contributed by atoms with Gasteiger partial charge in [-0.2, -0.15) is 0 Å². The Labute approximate surface area is 194 Å². The molecule has 1 aliphatic rings. The van der Waals surface area contributed by atoms with Crippen LogP contribution in [-0.2, 0) is 0 Å². The van der Waals surface area contributed by atoms with Gasteiger partial charge in [0.2, 0.25) is 0 Å². The summed E-state index contributed by atoms with van der Waals surface area (Å²) in [6, 6.07) is 6.66. The van der Waals surface area contributed by atoms with E-state index >= 15 is 0 Å². The predicted molar refractivity (Wildman–Crippen MR) is 124 cm³/mol. The van der Waals surface area contributed by atoms with Crippen LogP contribution in [0.15, 0.2) is 53.8 Å². The third-order valence-corrected chi connectivity index (χ3v) is 5.84. The van der Waals surface area contributed by atoms with Crippen molar-refractivity contribution in [2.24, 2.45) is 16.6 Å². The number of piperidine rings is 1. The minimum absolute atomic E-state index is 0.0725. The lowest BCUT2D eigenvalue weighted by molar-refractivity contribution is 0.102. The van der Waals surface area contributed by atoms with Crippen LogP contribution in [0.1, 0.15) is 17.4 Å². The molecule has 1 saturated heterocycles. The highest BCUT2D eigenvalue weighted by atomic mass is 19.1. The van der Waals surface area contributed by atoms with Crippen molar-refractivity contribution >= 4 is 24.0 Å². The number of nitrogens with zero attached hydrogens (tertiary/aromatic N) is 4. The molecule has 0 saturated carbocycles. The number of carbonyl (C=O) groups excluding carboxylic acids is 1. The number of halogens is 3. The van der Waals surface area contributed by atoms with Crippen molar-refractivity contribution in [3.8, 4) is 11.3 Å². The predicted octanol–water partition coefficient (Wildman–Crippen LogP) is 3.67. The molecule has 1 fully saturated rings. The molecule has 176 valence electrons. The summed E-state index contributed by atoms with van der Waals surface area (Å²) in [4.78, 5) is 27.1. The molecule has 7 nitrogen and oxygen atoms in total. The third-order valence-electron chi connectivity index (χ3n) is 5.84. The Morgan fingerprint density at radius 2 is 1.88 bits per heavy atom. The Morgan fingerprint density at radius 3 is 2.56 bits per heavy atom. The van der Waals surface area contributed by atoms with Gasteiger partial charge in [-0.1, -0.05) is 13.0 Å². The van der Waals surface area contributed by atoms with Gasteiger partial charge in [0.15, 0.2) is 0 Å². The summed E-state index contributed by atoms with van der Waals surface area (Å²) in [6.45, 7) is 6.77. The molecular weight excluding hydrogens is 445 g/mol. The third kappa shape index (κ3) is 4.49. The summed E-state index contributed by atoms with van der Waals surface area (Å²) >= 11 is 0. The topological polar surface area (TPSA) is 96.5 Å². The van der Waals surface area contributed by atoms with Gasteiger partial charge in [-0.15, -0.1) is 0 Å². The molecule has 0 radical (unpaired) electrons. The minimum Gasteiger partial charge on any atom is -0.368 e. The van der Waals surface area contributed by atoms with Gasteiger partial charge in [-0.25, -0.2) is 18.2 Å². The molecule has 0 unspecified atom stereocenters. The van der Waals surface area contributed by atoms with Crippen LogP contribution in [0.5, 0.6) is 0 Å². The van der Waals surface area contributed by atoms with E-state index in [0.717, 1.165) is 30.3 Å². The van der Waals surface area contributed by atoms with Crippen molar-refractivity contribution in [3.05, 3.63) is 71.9 Å². The maximum absolute atomic E-state index is 14.4. The van der Waals surface area contributed by atoms with Gasteiger partial charge in [0.1, 0.15) is 28.8 Å². The van der Waals surface area contributed by atoms with E-state index in [1.54, 1.807) is 12.3 Å². The molecule has 1 aromatic carbocycles. The van der Waals surface area contributed by atoms with Crippen molar-refractivity contribution in [3.63, 3.8) is 0 Å². The summed E-state index contributed by atoms with van der Waals surface area (Å²) < 4.78 is 42.8. The Balaban J connectivity index is 1.62. The largest absolute Gasteiger partial charge is 0.368 e. The van der Waals surface area contributed by atoms with Crippen molar-refractivity contribution in [1.82, 2.24) is 9.97 Å². The smallest absolute Gasteiger partial charge is 0.274 e. The zero-order chi connectivity index (χ0) is 24.4. The van der Waals surface area contributed by atoms with Crippen LogP contribution in [0.25, 0.3) is 11.3 Å².